The number of thiophene rings is 1. The van der Waals surface area contributed by atoms with E-state index in [1.165, 1.54) is 16.6 Å². The molecule has 1 aromatic carbocycles. The maximum atomic E-state index is 11.8. The first-order valence-electron chi connectivity index (χ1n) is 7.22. The molecule has 8 heteroatoms. The molecule has 0 aliphatic carbocycles. The van der Waals surface area contributed by atoms with Crippen molar-refractivity contribution in [2.24, 2.45) is 0 Å². The minimum absolute atomic E-state index is 0.0530. The highest BCUT2D eigenvalue weighted by Gasteiger charge is 2.11. The van der Waals surface area contributed by atoms with Gasteiger partial charge in [0.15, 0.2) is 0 Å². The second-order valence-electron chi connectivity index (χ2n) is 4.85. The van der Waals surface area contributed by atoms with E-state index in [9.17, 15) is 4.79 Å². The lowest BCUT2D eigenvalue weighted by atomic mass is 10.2. The van der Waals surface area contributed by atoms with Crippen LogP contribution in [0.2, 0.25) is 5.02 Å². The van der Waals surface area contributed by atoms with E-state index in [4.69, 9.17) is 16.0 Å². The van der Waals surface area contributed by atoms with Gasteiger partial charge in [0.05, 0.1) is 5.75 Å². The molecule has 124 valence electrons. The Hall–Kier alpha value is -1.83. The van der Waals surface area contributed by atoms with Crippen LogP contribution in [0, 0.1) is 0 Å². The van der Waals surface area contributed by atoms with E-state index < -0.39 is 0 Å². The third kappa shape index (κ3) is 4.83. The largest absolute Gasteiger partial charge is 0.411 e. The first-order valence-corrected chi connectivity index (χ1v) is 9.46. The zero-order valence-corrected chi connectivity index (χ0v) is 15.0. The summed E-state index contributed by atoms with van der Waals surface area (Å²) >= 11 is 8.76. The highest BCUT2D eigenvalue weighted by atomic mass is 35.5. The summed E-state index contributed by atoms with van der Waals surface area (Å²) in [6.45, 7) is 0.625. The van der Waals surface area contributed by atoms with Crippen LogP contribution in [0.5, 0.6) is 0 Å². The van der Waals surface area contributed by atoms with Gasteiger partial charge in [-0.15, -0.1) is 21.5 Å². The van der Waals surface area contributed by atoms with Gasteiger partial charge in [0, 0.05) is 22.0 Å². The van der Waals surface area contributed by atoms with Crippen molar-refractivity contribution in [2.75, 3.05) is 12.3 Å². The maximum Gasteiger partial charge on any atom is 0.277 e. The van der Waals surface area contributed by atoms with Crippen molar-refractivity contribution in [1.82, 2.24) is 15.5 Å². The molecule has 3 aromatic rings. The number of thioether (sulfide) groups is 1. The predicted molar refractivity (Wildman–Crippen MR) is 96.5 cm³/mol. The third-order valence-corrected chi connectivity index (χ3v) is 5.10. The molecule has 5 nitrogen and oxygen atoms in total. The van der Waals surface area contributed by atoms with Crippen LogP contribution >= 0.6 is 34.7 Å². The summed E-state index contributed by atoms with van der Waals surface area (Å²) in [6, 6.07) is 11.2. The van der Waals surface area contributed by atoms with Crippen molar-refractivity contribution in [2.45, 2.75) is 11.6 Å². The van der Waals surface area contributed by atoms with E-state index in [1.807, 2.05) is 23.6 Å². The van der Waals surface area contributed by atoms with Gasteiger partial charge < -0.3 is 9.73 Å². The fourth-order valence-corrected chi connectivity index (χ4v) is 3.36. The second-order valence-corrected chi connectivity index (χ2v) is 7.24. The predicted octanol–water partition coefficient (Wildman–Crippen LogP) is 3.90. The third-order valence-electron chi connectivity index (χ3n) is 3.10. The van der Waals surface area contributed by atoms with Gasteiger partial charge in [-0.3, -0.25) is 4.79 Å². The number of carbonyl (C=O) groups is 1. The summed E-state index contributed by atoms with van der Waals surface area (Å²) in [4.78, 5) is 13.1. The van der Waals surface area contributed by atoms with Gasteiger partial charge in [-0.1, -0.05) is 29.4 Å². The summed E-state index contributed by atoms with van der Waals surface area (Å²) in [5.74, 6) is 0.599. The average molecular weight is 380 g/mol. The Bertz CT molecular complexity index is 788. The van der Waals surface area contributed by atoms with Crippen molar-refractivity contribution in [3.05, 3.63) is 51.7 Å². The number of carbonyl (C=O) groups excluding carboxylic acids is 1. The van der Waals surface area contributed by atoms with Gasteiger partial charge in [-0.25, -0.2) is 0 Å². The number of aromatic nitrogens is 2. The van der Waals surface area contributed by atoms with Gasteiger partial charge >= 0.3 is 0 Å². The molecule has 2 heterocycles. The van der Waals surface area contributed by atoms with Crippen LogP contribution in [0.1, 0.15) is 4.88 Å². The monoisotopic (exact) mass is 379 g/mol. The lowest BCUT2D eigenvalue weighted by Gasteiger charge is -2.02. The van der Waals surface area contributed by atoms with Crippen molar-refractivity contribution in [3.63, 3.8) is 0 Å². The summed E-state index contributed by atoms with van der Waals surface area (Å²) < 4.78 is 5.54. The minimum atomic E-state index is -0.0530. The lowest BCUT2D eigenvalue weighted by molar-refractivity contribution is -0.118. The molecule has 0 fully saturated rings. The Kier molecular flexibility index (Phi) is 5.90. The minimum Gasteiger partial charge on any atom is -0.411 e. The van der Waals surface area contributed by atoms with Crippen molar-refractivity contribution >= 4 is 40.6 Å². The van der Waals surface area contributed by atoms with Gasteiger partial charge in [-0.05, 0) is 42.1 Å². The quantitative estimate of drug-likeness (QED) is 0.630. The van der Waals surface area contributed by atoms with E-state index in [-0.39, 0.29) is 11.7 Å². The van der Waals surface area contributed by atoms with Crippen LogP contribution in [-0.4, -0.2) is 28.4 Å². The van der Waals surface area contributed by atoms with Crippen LogP contribution in [0.15, 0.2) is 51.4 Å². The molecule has 1 amide bonds. The molecule has 0 saturated heterocycles. The second kappa shape index (κ2) is 8.32. The first-order chi connectivity index (χ1) is 11.7. The van der Waals surface area contributed by atoms with E-state index in [2.05, 4.69) is 21.6 Å². The Morgan fingerprint density at radius 1 is 1.25 bits per heavy atom. The number of nitrogens with one attached hydrogen (secondary N) is 1. The Balaban J connectivity index is 1.44. The van der Waals surface area contributed by atoms with Gasteiger partial charge in [0.25, 0.3) is 5.22 Å². The SMILES string of the molecule is O=C(CSc1nnc(-c2ccc(Cl)cc2)o1)NCCc1cccs1. The fourth-order valence-electron chi connectivity index (χ4n) is 1.94. The molecule has 0 aliphatic heterocycles. The summed E-state index contributed by atoms with van der Waals surface area (Å²) in [5, 5.41) is 13.8. The number of hydrogen-bond acceptors (Lipinski definition) is 6. The number of hydrogen-bond donors (Lipinski definition) is 1. The highest BCUT2D eigenvalue weighted by molar-refractivity contribution is 7.99. The molecular formula is C16H14ClN3O2S2. The molecule has 0 unspecified atom stereocenters. The van der Waals surface area contributed by atoms with Crippen molar-refractivity contribution < 1.29 is 9.21 Å². The molecule has 1 N–H and O–H groups in total. The molecule has 2 aromatic heterocycles. The van der Waals surface area contributed by atoms with Crippen LogP contribution < -0.4 is 5.32 Å². The van der Waals surface area contributed by atoms with Gasteiger partial charge in [-0.2, -0.15) is 0 Å². The lowest BCUT2D eigenvalue weighted by Crippen LogP contribution is -2.27. The number of rotatable bonds is 7. The fraction of sp³-hybridized carbons (Fsp3) is 0.188. The van der Waals surface area contributed by atoms with E-state index in [1.54, 1.807) is 23.5 Å². The van der Waals surface area contributed by atoms with Crippen molar-refractivity contribution in [3.8, 4) is 11.5 Å². The van der Waals surface area contributed by atoms with E-state index in [0.29, 0.717) is 22.7 Å². The number of benzene rings is 1. The standard InChI is InChI=1S/C16H14ClN3O2S2/c17-12-5-3-11(4-6-12)15-19-20-16(22-15)24-10-14(21)18-8-7-13-2-1-9-23-13/h1-6,9H,7-8,10H2,(H,18,21). The zero-order valence-electron chi connectivity index (χ0n) is 12.6. The Morgan fingerprint density at radius 3 is 2.83 bits per heavy atom. The van der Waals surface area contributed by atoms with E-state index >= 15 is 0 Å². The summed E-state index contributed by atoms with van der Waals surface area (Å²) in [7, 11) is 0. The topological polar surface area (TPSA) is 68.0 Å². The molecule has 0 bridgehead atoms. The summed E-state index contributed by atoms with van der Waals surface area (Å²) in [6.07, 6.45) is 0.843. The highest BCUT2D eigenvalue weighted by Crippen LogP contribution is 2.24. The normalized spacial score (nSPS) is 10.7. The van der Waals surface area contributed by atoms with Gasteiger partial charge in [0.1, 0.15) is 0 Å². The first kappa shape index (κ1) is 17.0. The van der Waals surface area contributed by atoms with Crippen molar-refractivity contribution in [1.29, 1.82) is 0 Å². The number of amides is 1. The van der Waals surface area contributed by atoms with Gasteiger partial charge in [0.2, 0.25) is 11.8 Å². The molecule has 24 heavy (non-hydrogen) atoms. The van der Waals surface area contributed by atoms with Crippen LogP contribution in [-0.2, 0) is 11.2 Å². The molecule has 0 saturated carbocycles. The van der Waals surface area contributed by atoms with E-state index in [0.717, 1.165) is 12.0 Å². The van der Waals surface area contributed by atoms with Crippen LogP contribution in [0.25, 0.3) is 11.5 Å². The molecule has 0 spiro atoms. The van der Waals surface area contributed by atoms with Crippen LogP contribution in [0.4, 0.5) is 0 Å². The Labute approximate surface area is 152 Å². The molecule has 0 aliphatic rings. The number of halogens is 1. The Morgan fingerprint density at radius 2 is 2.08 bits per heavy atom. The maximum absolute atomic E-state index is 11.8. The zero-order chi connectivity index (χ0) is 16.8. The molecular weight excluding hydrogens is 366 g/mol. The molecule has 0 atom stereocenters. The smallest absolute Gasteiger partial charge is 0.277 e. The average Bonchev–Trinajstić information content (AvgIpc) is 3.25. The van der Waals surface area contributed by atoms with Crippen LogP contribution in [0.3, 0.4) is 0 Å². The number of nitrogens with zero attached hydrogens (tertiary/aromatic N) is 2. The molecule has 0 radical (unpaired) electrons. The summed E-state index contributed by atoms with van der Waals surface area (Å²) in [5.41, 5.74) is 0.791. The molecule has 3 rings (SSSR count).